The van der Waals surface area contributed by atoms with Crippen LogP contribution < -0.4 is 27.4 Å². The van der Waals surface area contributed by atoms with Crippen molar-refractivity contribution in [2.24, 2.45) is 0 Å². The Morgan fingerprint density at radius 2 is 1.13 bits per heavy atom. The molecular formula is C23H20N6O8S. The molecule has 0 saturated heterocycles. The maximum absolute atomic E-state index is 11.8. The van der Waals surface area contributed by atoms with Crippen molar-refractivity contribution in [3.05, 3.63) is 101 Å². The summed E-state index contributed by atoms with van der Waals surface area (Å²) in [5.74, 6) is -2.93. The molecule has 14 nitrogen and oxygen atoms in total. The van der Waals surface area contributed by atoms with Gasteiger partial charge in [-0.05, 0) is 55.5 Å². The van der Waals surface area contributed by atoms with Gasteiger partial charge in [-0.15, -0.1) is 0 Å². The Bertz CT molecular complexity index is 1590. The molecular weight excluding hydrogens is 520 g/mol. The van der Waals surface area contributed by atoms with Gasteiger partial charge < -0.3 is 30.9 Å². The third kappa shape index (κ3) is 6.82. The highest BCUT2D eigenvalue weighted by Crippen LogP contribution is 2.16. The normalized spacial score (nSPS) is 10.1. The van der Waals surface area contributed by atoms with E-state index in [9.17, 15) is 34.2 Å². The average Bonchev–Trinajstić information content (AvgIpc) is 2.81. The van der Waals surface area contributed by atoms with E-state index in [0.717, 1.165) is 5.56 Å². The molecule has 2 amide bonds. The van der Waals surface area contributed by atoms with E-state index in [2.05, 4.69) is 32.8 Å². The maximum atomic E-state index is 11.8. The number of phenolic OH excluding ortho intramolecular Hbond substituents is 1. The molecule has 4 rings (SSSR count). The smallest absolute Gasteiger partial charge is 0.328 e. The molecule has 2 aromatic carbocycles. The van der Waals surface area contributed by atoms with E-state index in [1.54, 1.807) is 24.3 Å². The Morgan fingerprint density at radius 3 is 1.61 bits per heavy atom. The quantitative estimate of drug-likeness (QED) is 0.134. The van der Waals surface area contributed by atoms with Gasteiger partial charge in [-0.25, -0.2) is 4.79 Å². The first-order valence-electron chi connectivity index (χ1n) is 10.5. The van der Waals surface area contributed by atoms with Gasteiger partial charge in [-0.3, -0.25) is 34.1 Å². The minimum absolute atomic E-state index is 0.0440. The van der Waals surface area contributed by atoms with Crippen LogP contribution in [-0.2, 0) is 0 Å². The van der Waals surface area contributed by atoms with Gasteiger partial charge in [-0.2, -0.15) is 0 Å². The standard InChI is InChI=1S/C12H11N3O4.C11H9N3O4S/c1-6-2-4-7(5-3-6)13-9(16)8-10(17)14-12(19)15-11(8)18;15-6-3-1-5(2-4-6)12-8(16)7-9(17)13-11(19)14-10(7)18/h2-5H,1H3,(H,13,16)(H3,14,15,17,18,19);1-4,15H,(H,12,16)(H3,13,14,17,18,19). The van der Waals surface area contributed by atoms with Gasteiger partial charge in [0.25, 0.3) is 22.9 Å². The zero-order valence-electron chi connectivity index (χ0n) is 19.4. The number of H-pyrrole nitrogens is 4. The van der Waals surface area contributed by atoms with E-state index < -0.39 is 51.5 Å². The van der Waals surface area contributed by atoms with Crippen LogP contribution in [0.25, 0.3) is 0 Å². The van der Waals surface area contributed by atoms with Crippen LogP contribution in [0, 0.1) is 11.7 Å². The van der Waals surface area contributed by atoms with Crippen molar-refractivity contribution >= 4 is 35.4 Å². The van der Waals surface area contributed by atoms with Gasteiger partial charge in [0.2, 0.25) is 11.8 Å². The summed E-state index contributed by atoms with van der Waals surface area (Å²) in [6, 6.07) is 12.5. The number of aromatic hydroxyl groups is 3. The summed E-state index contributed by atoms with van der Waals surface area (Å²) in [4.78, 5) is 65.8. The first-order chi connectivity index (χ1) is 17.9. The monoisotopic (exact) mass is 540 g/mol. The molecule has 196 valence electrons. The summed E-state index contributed by atoms with van der Waals surface area (Å²) in [7, 11) is 0. The number of nitrogens with one attached hydrogen (secondary N) is 6. The van der Waals surface area contributed by atoms with Crippen LogP contribution in [0.2, 0.25) is 0 Å². The van der Waals surface area contributed by atoms with Crippen LogP contribution in [0.4, 0.5) is 11.4 Å². The van der Waals surface area contributed by atoms with Crippen LogP contribution in [-0.4, -0.2) is 47.1 Å². The van der Waals surface area contributed by atoms with E-state index in [1.165, 1.54) is 24.3 Å². The van der Waals surface area contributed by atoms with Crippen molar-refractivity contribution in [2.75, 3.05) is 10.6 Å². The Hall–Kier alpha value is -5.44. The number of carbonyl (C=O) groups is 2. The summed E-state index contributed by atoms with van der Waals surface area (Å²) >= 11 is 4.65. The summed E-state index contributed by atoms with van der Waals surface area (Å²) < 4.78 is -0.0799. The Morgan fingerprint density at radius 1 is 0.684 bits per heavy atom. The third-order valence-electron chi connectivity index (χ3n) is 4.73. The molecule has 0 aliphatic rings. The van der Waals surface area contributed by atoms with Crippen LogP contribution in [0.3, 0.4) is 0 Å². The number of carbonyl (C=O) groups excluding carboxylic acids is 2. The number of phenols is 1. The molecule has 0 spiro atoms. The van der Waals surface area contributed by atoms with Crippen molar-refractivity contribution in [1.82, 2.24) is 19.9 Å². The molecule has 0 radical (unpaired) electrons. The molecule has 0 aliphatic carbocycles. The molecule has 0 fully saturated rings. The number of anilines is 2. The van der Waals surface area contributed by atoms with Crippen LogP contribution in [0.15, 0.2) is 62.9 Å². The maximum Gasteiger partial charge on any atom is 0.328 e. The summed E-state index contributed by atoms with van der Waals surface area (Å²) in [6.45, 7) is 1.89. The number of aryl methyl sites for hydroxylation is 1. The number of benzene rings is 2. The molecule has 38 heavy (non-hydrogen) atoms. The second kappa shape index (κ2) is 11.5. The summed E-state index contributed by atoms with van der Waals surface area (Å²) in [5.41, 5.74) is -1.79. The number of aromatic amines is 4. The van der Waals surface area contributed by atoms with Crippen molar-refractivity contribution in [3.63, 3.8) is 0 Å². The second-order valence-electron chi connectivity index (χ2n) is 7.58. The lowest BCUT2D eigenvalue weighted by molar-refractivity contribution is 0.101. The largest absolute Gasteiger partial charge is 0.508 e. The van der Waals surface area contributed by atoms with Gasteiger partial charge in [0.15, 0.2) is 15.9 Å². The van der Waals surface area contributed by atoms with Crippen molar-refractivity contribution in [1.29, 1.82) is 0 Å². The molecule has 2 heterocycles. The van der Waals surface area contributed by atoms with Gasteiger partial charge in [-0.1, -0.05) is 17.7 Å². The van der Waals surface area contributed by atoms with E-state index in [1.807, 2.05) is 16.9 Å². The van der Waals surface area contributed by atoms with E-state index in [4.69, 9.17) is 5.11 Å². The van der Waals surface area contributed by atoms with Crippen molar-refractivity contribution < 1.29 is 24.9 Å². The number of rotatable bonds is 4. The Balaban J connectivity index is 0.000000211. The lowest BCUT2D eigenvalue weighted by atomic mass is 10.2. The Labute approximate surface area is 216 Å². The van der Waals surface area contributed by atoms with Crippen LogP contribution in [0.1, 0.15) is 26.3 Å². The van der Waals surface area contributed by atoms with Gasteiger partial charge in [0.05, 0.1) is 0 Å². The SMILES string of the molecule is Cc1ccc(NC(=O)c2c(O)[nH]c(=O)[nH]c2=O)cc1.O=C(Nc1ccc(O)cc1)c1c(O)[nH]c(=S)[nH]c1=O. The zero-order valence-corrected chi connectivity index (χ0v) is 20.2. The summed E-state index contributed by atoms with van der Waals surface area (Å²) in [5, 5.41) is 32.9. The highest BCUT2D eigenvalue weighted by Gasteiger charge is 2.18. The molecule has 9 N–H and O–H groups in total. The molecule has 0 aliphatic heterocycles. The van der Waals surface area contributed by atoms with E-state index >= 15 is 0 Å². The molecule has 2 aromatic heterocycles. The van der Waals surface area contributed by atoms with Crippen LogP contribution in [0.5, 0.6) is 17.5 Å². The predicted molar refractivity (Wildman–Crippen MR) is 138 cm³/mol. The third-order valence-corrected chi connectivity index (χ3v) is 4.94. The number of aromatic nitrogens is 4. The first-order valence-corrected chi connectivity index (χ1v) is 10.9. The molecule has 0 saturated carbocycles. The zero-order chi connectivity index (χ0) is 28.0. The fourth-order valence-corrected chi connectivity index (χ4v) is 3.13. The fourth-order valence-electron chi connectivity index (χ4n) is 2.94. The first kappa shape index (κ1) is 27.2. The highest BCUT2D eigenvalue weighted by molar-refractivity contribution is 7.71. The molecule has 0 atom stereocenters. The lowest BCUT2D eigenvalue weighted by Crippen LogP contribution is -2.30. The topological polar surface area (TPSA) is 233 Å². The van der Waals surface area contributed by atoms with Gasteiger partial charge >= 0.3 is 5.69 Å². The van der Waals surface area contributed by atoms with Crippen LogP contribution >= 0.6 is 12.2 Å². The number of amides is 2. The average molecular weight is 541 g/mol. The summed E-state index contributed by atoms with van der Waals surface area (Å²) in [6.07, 6.45) is 0. The second-order valence-corrected chi connectivity index (χ2v) is 7.99. The van der Waals surface area contributed by atoms with Gasteiger partial charge in [0, 0.05) is 11.4 Å². The number of hydrogen-bond acceptors (Lipinski definition) is 9. The van der Waals surface area contributed by atoms with Gasteiger partial charge in [0.1, 0.15) is 5.75 Å². The highest BCUT2D eigenvalue weighted by atomic mass is 32.1. The van der Waals surface area contributed by atoms with Crippen molar-refractivity contribution in [3.8, 4) is 17.5 Å². The lowest BCUT2D eigenvalue weighted by Gasteiger charge is -2.05. The molecule has 0 bridgehead atoms. The molecule has 0 unspecified atom stereocenters. The van der Waals surface area contributed by atoms with E-state index in [-0.39, 0.29) is 10.5 Å². The predicted octanol–water partition coefficient (Wildman–Crippen LogP) is 1.43. The minimum Gasteiger partial charge on any atom is -0.508 e. The Kier molecular flexibility index (Phi) is 8.24. The van der Waals surface area contributed by atoms with Crippen molar-refractivity contribution in [2.45, 2.75) is 6.92 Å². The molecule has 4 aromatic rings. The fraction of sp³-hybridized carbons (Fsp3) is 0.0435. The minimum atomic E-state index is -0.953. The molecule has 15 heteroatoms. The van der Waals surface area contributed by atoms with E-state index in [0.29, 0.717) is 11.4 Å². The number of hydrogen-bond donors (Lipinski definition) is 9.